The summed E-state index contributed by atoms with van der Waals surface area (Å²) in [6.45, 7) is 4.31. The number of carbonyl (C=O) groups excluding carboxylic acids is 1. The zero-order chi connectivity index (χ0) is 16.3. The van der Waals surface area contributed by atoms with Gasteiger partial charge in [0.05, 0.1) is 0 Å². The molecule has 0 bridgehead atoms. The second-order valence-corrected chi connectivity index (χ2v) is 5.87. The molecule has 4 nitrogen and oxygen atoms in total. The molecule has 0 radical (unpaired) electrons. The summed E-state index contributed by atoms with van der Waals surface area (Å²) in [5.74, 6) is 0.330. The summed E-state index contributed by atoms with van der Waals surface area (Å²) < 4.78 is 29.3. The number of rotatable bonds is 4. The van der Waals surface area contributed by atoms with E-state index < -0.39 is 6.61 Å². The van der Waals surface area contributed by atoms with Gasteiger partial charge in [-0.3, -0.25) is 4.79 Å². The van der Waals surface area contributed by atoms with Crippen molar-refractivity contribution in [2.75, 3.05) is 13.1 Å². The molecule has 23 heavy (non-hydrogen) atoms. The van der Waals surface area contributed by atoms with Crippen molar-refractivity contribution < 1.29 is 18.3 Å². The fraction of sp³-hybridized carbons (Fsp3) is 0.562. The average molecular weight is 349 g/mol. The molecule has 130 valence electrons. The molecule has 1 fully saturated rings. The third kappa shape index (κ3) is 5.04. The summed E-state index contributed by atoms with van der Waals surface area (Å²) in [5.41, 5.74) is 1.54. The van der Waals surface area contributed by atoms with Gasteiger partial charge in [0.2, 0.25) is 0 Å². The Hall–Kier alpha value is -1.40. The van der Waals surface area contributed by atoms with Gasteiger partial charge >= 0.3 is 6.61 Å². The van der Waals surface area contributed by atoms with Gasteiger partial charge in [-0.2, -0.15) is 8.78 Å². The number of aryl methyl sites for hydroxylation is 2. The Morgan fingerprint density at radius 3 is 2.48 bits per heavy atom. The number of halogens is 3. The van der Waals surface area contributed by atoms with Crippen LogP contribution in [0.5, 0.6) is 5.75 Å². The van der Waals surface area contributed by atoms with Crippen LogP contribution in [0.15, 0.2) is 12.1 Å². The maximum Gasteiger partial charge on any atom is 0.387 e. The van der Waals surface area contributed by atoms with Gasteiger partial charge in [-0.05, 0) is 62.5 Å². The van der Waals surface area contributed by atoms with Crippen LogP contribution in [0.4, 0.5) is 8.78 Å². The van der Waals surface area contributed by atoms with E-state index >= 15 is 0 Å². The third-order valence-corrected chi connectivity index (χ3v) is 4.03. The highest BCUT2D eigenvalue weighted by molar-refractivity contribution is 5.95. The highest BCUT2D eigenvalue weighted by Crippen LogP contribution is 2.26. The maximum absolute atomic E-state index is 12.4. The minimum absolute atomic E-state index is 0. The van der Waals surface area contributed by atoms with Crippen LogP contribution in [0.3, 0.4) is 0 Å². The van der Waals surface area contributed by atoms with Crippen LogP contribution in [-0.4, -0.2) is 31.7 Å². The number of carbonyl (C=O) groups is 1. The van der Waals surface area contributed by atoms with Crippen LogP contribution in [0.1, 0.15) is 34.8 Å². The third-order valence-electron chi connectivity index (χ3n) is 4.03. The van der Waals surface area contributed by atoms with Crippen molar-refractivity contribution in [2.45, 2.75) is 39.8 Å². The zero-order valence-electron chi connectivity index (χ0n) is 13.5. The van der Waals surface area contributed by atoms with Gasteiger partial charge in [-0.25, -0.2) is 0 Å². The number of hydrogen-bond donors (Lipinski definition) is 2. The molecule has 2 rings (SSSR count). The Labute approximate surface area is 141 Å². The Morgan fingerprint density at radius 1 is 1.35 bits per heavy atom. The highest BCUT2D eigenvalue weighted by atomic mass is 35.5. The summed E-state index contributed by atoms with van der Waals surface area (Å²) in [5, 5.41) is 6.31. The van der Waals surface area contributed by atoms with E-state index in [2.05, 4.69) is 22.3 Å². The monoisotopic (exact) mass is 348 g/mol. The normalized spacial score (nSPS) is 20.8. The Bertz CT molecular complexity index is 532. The van der Waals surface area contributed by atoms with Crippen LogP contribution in [0, 0.1) is 19.8 Å². The molecule has 0 saturated carbocycles. The fourth-order valence-electron chi connectivity index (χ4n) is 2.84. The molecule has 1 aliphatic heterocycles. The molecule has 2 unspecified atom stereocenters. The molecule has 0 aliphatic carbocycles. The molecule has 2 N–H and O–H groups in total. The predicted molar refractivity (Wildman–Crippen MR) is 87.7 cm³/mol. The SMILES string of the molecule is Cc1cc(C(=O)NC2CCNCC2C)cc(C)c1OC(F)F.Cl. The molecule has 1 saturated heterocycles. The summed E-state index contributed by atoms with van der Waals surface area (Å²) >= 11 is 0. The van der Waals surface area contributed by atoms with Crippen molar-refractivity contribution >= 4 is 18.3 Å². The van der Waals surface area contributed by atoms with Crippen molar-refractivity contribution in [1.82, 2.24) is 10.6 Å². The van der Waals surface area contributed by atoms with Crippen molar-refractivity contribution in [3.8, 4) is 5.75 Å². The van der Waals surface area contributed by atoms with Gasteiger partial charge in [-0.1, -0.05) is 6.92 Å². The number of piperidine rings is 1. The maximum atomic E-state index is 12.4. The molecule has 7 heteroatoms. The predicted octanol–water partition coefficient (Wildman–Crippen LogP) is 3.05. The molecular formula is C16H23ClF2N2O2. The summed E-state index contributed by atoms with van der Waals surface area (Å²) in [6, 6.07) is 3.31. The van der Waals surface area contributed by atoms with Crippen LogP contribution in [0.25, 0.3) is 0 Å². The first-order valence-corrected chi connectivity index (χ1v) is 7.46. The molecule has 0 aromatic heterocycles. The van der Waals surface area contributed by atoms with Crippen LogP contribution in [0.2, 0.25) is 0 Å². The lowest BCUT2D eigenvalue weighted by Crippen LogP contribution is -2.48. The minimum Gasteiger partial charge on any atom is -0.434 e. The number of ether oxygens (including phenoxy) is 1. The minimum atomic E-state index is -2.87. The van der Waals surface area contributed by atoms with Gasteiger partial charge in [0.25, 0.3) is 5.91 Å². The standard InChI is InChI=1S/C16H22F2N2O2.ClH/c1-9-6-12(7-10(2)14(9)22-16(17)18)15(21)20-13-4-5-19-8-11(13)3;/h6-7,11,13,16,19H,4-5,8H2,1-3H3,(H,20,21);1H. The fourth-order valence-corrected chi connectivity index (χ4v) is 2.84. The molecule has 0 spiro atoms. The van der Waals surface area contributed by atoms with Crippen molar-refractivity contribution in [2.24, 2.45) is 5.92 Å². The van der Waals surface area contributed by atoms with E-state index in [0.29, 0.717) is 22.6 Å². The van der Waals surface area contributed by atoms with E-state index in [0.717, 1.165) is 19.5 Å². The number of hydrogen-bond acceptors (Lipinski definition) is 3. The number of nitrogens with one attached hydrogen (secondary N) is 2. The highest BCUT2D eigenvalue weighted by Gasteiger charge is 2.23. The summed E-state index contributed by atoms with van der Waals surface area (Å²) in [4.78, 5) is 12.4. The first-order chi connectivity index (χ1) is 10.4. The largest absolute Gasteiger partial charge is 0.434 e. The van der Waals surface area contributed by atoms with E-state index in [1.165, 1.54) is 0 Å². The summed E-state index contributed by atoms with van der Waals surface area (Å²) in [7, 11) is 0. The van der Waals surface area contributed by atoms with Gasteiger partial charge in [-0.15, -0.1) is 12.4 Å². The van der Waals surface area contributed by atoms with E-state index in [4.69, 9.17) is 0 Å². The number of amides is 1. The molecule has 1 aromatic rings. The second kappa shape index (κ2) is 8.45. The molecule has 1 aromatic carbocycles. The molecular weight excluding hydrogens is 326 g/mol. The van der Waals surface area contributed by atoms with Crippen LogP contribution >= 0.6 is 12.4 Å². The Balaban J connectivity index is 0.00000264. The first-order valence-electron chi connectivity index (χ1n) is 7.46. The Morgan fingerprint density at radius 2 is 1.96 bits per heavy atom. The lowest BCUT2D eigenvalue weighted by molar-refractivity contribution is -0.0507. The summed E-state index contributed by atoms with van der Waals surface area (Å²) in [6.07, 6.45) is 0.886. The molecule has 1 aliphatic rings. The van der Waals surface area contributed by atoms with Gasteiger partial charge in [0.1, 0.15) is 5.75 Å². The smallest absolute Gasteiger partial charge is 0.387 e. The molecule has 1 amide bonds. The number of alkyl halides is 2. The topological polar surface area (TPSA) is 50.4 Å². The zero-order valence-corrected chi connectivity index (χ0v) is 14.3. The van der Waals surface area contributed by atoms with Crippen molar-refractivity contribution in [3.63, 3.8) is 0 Å². The van der Waals surface area contributed by atoms with Gasteiger partial charge in [0.15, 0.2) is 0 Å². The first kappa shape index (κ1) is 19.6. The van der Waals surface area contributed by atoms with Gasteiger partial charge < -0.3 is 15.4 Å². The molecule has 1 heterocycles. The van der Waals surface area contributed by atoms with E-state index in [9.17, 15) is 13.6 Å². The van der Waals surface area contributed by atoms with Crippen molar-refractivity contribution in [3.05, 3.63) is 28.8 Å². The number of benzene rings is 1. The quantitative estimate of drug-likeness (QED) is 0.879. The van der Waals surface area contributed by atoms with Crippen LogP contribution < -0.4 is 15.4 Å². The average Bonchev–Trinajstić information content (AvgIpc) is 2.44. The van der Waals surface area contributed by atoms with E-state index in [1.54, 1.807) is 26.0 Å². The second-order valence-electron chi connectivity index (χ2n) is 5.87. The van der Waals surface area contributed by atoms with E-state index in [1.807, 2.05) is 0 Å². The van der Waals surface area contributed by atoms with Crippen molar-refractivity contribution in [1.29, 1.82) is 0 Å². The lowest BCUT2D eigenvalue weighted by atomic mass is 9.94. The molecule has 2 atom stereocenters. The lowest BCUT2D eigenvalue weighted by Gasteiger charge is -2.30. The van der Waals surface area contributed by atoms with Gasteiger partial charge in [0, 0.05) is 11.6 Å². The Kier molecular flexibility index (Phi) is 7.22. The van der Waals surface area contributed by atoms with Crippen LogP contribution in [-0.2, 0) is 0 Å². The van der Waals surface area contributed by atoms with E-state index in [-0.39, 0.29) is 30.1 Å².